The average molecular weight is 737 g/mol. The van der Waals surface area contributed by atoms with Crippen LogP contribution in [0.3, 0.4) is 0 Å². The van der Waals surface area contributed by atoms with Crippen molar-refractivity contribution in [3.05, 3.63) is 66.0 Å². The van der Waals surface area contributed by atoms with Crippen LogP contribution in [0.25, 0.3) is 11.4 Å². The summed E-state index contributed by atoms with van der Waals surface area (Å²) in [6, 6.07) is 4.59. The van der Waals surface area contributed by atoms with Gasteiger partial charge >= 0.3 is 24.4 Å². The number of carbonyl (C=O) groups is 4. The van der Waals surface area contributed by atoms with Crippen LogP contribution in [0.4, 0.5) is 19.2 Å². The van der Waals surface area contributed by atoms with Gasteiger partial charge in [0.2, 0.25) is 0 Å². The zero-order valence-electron chi connectivity index (χ0n) is 33.0. The van der Waals surface area contributed by atoms with Gasteiger partial charge in [-0.2, -0.15) is 0 Å². The van der Waals surface area contributed by atoms with Crippen LogP contribution < -0.4 is 10.9 Å². The number of imidazole rings is 1. The lowest BCUT2D eigenvalue weighted by molar-refractivity contribution is -0.0101. The molecule has 1 aromatic heterocycles. The average Bonchev–Trinajstić information content (AvgIpc) is 3.77. The molecule has 0 bridgehead atoms. The van der Waals surface area contributed by atoms with Crippen molar-refractivity contribution in [2.75, 3.05) is 0 Å². The molecule has 4 rings (SSSR count). The van der Waals surface area contributed by atoms with E-state index in [4.69, 9.17) is 18.9 Å². The molecule has 2 aliphatic rings. The number of ether oxygens (including phenoxy) is 4. The highest BCUT2D eigenvalue weighted by Gasteiger charge is 2.42. The summed E-state index contributed by atoms with van der Waals surface area (Å²) in [7, 11) is 0. The fourth-order valence-electron chi connectivity index (χ4n) is 6.20. The van der Waals surface area contributed by atoms with Gasteiger partial charge in [0.05, 0.1) is 12.1 Å². The predicted molar refractivity (Wildman–Crippen MR) is 199 cm³/mol. The highest BCUT2D eigenvalue weighted by atomic mass is 16.6. The van der Waals surface area contributed by atoms with Gasteiger partial charge in [0, 0.05) is 29.8 Å². The van der Waals surface area contributed by atoms with Crippen LogP contribution in [0.1, 0.15) is 119 Å². The maximum Gasteiger partial charge on any atom is 0.429 e. The molecule has 4 amide bonds. The van der Waals surface area contributed by atoms with Gasteiger partial charge in [-0.1, -0.05) is 42.5 Å². The highest BCUT2D eigenvalue weighted by Crippen LogP contribution is 2.44. The molecule has 0 unspecified atom stereocenters. The second-order valence-corrected chi connectivity index (χ2v) is 17.2. The zero-order chi connectivity index (χ0) is 39.5. The first-order valence-corrected chi connectivity index (χ1v) is 17.9. The summed E-state index contributed by atoms with van der Waals surface area (Å²) in [5.41, 5.74) is 4.36. The van der Waals surface area contributed by atoms with E-state index in [1.807, 2.05) is 42.5 Å². The molecule has 0 radical (unpaired) electrons. The summed E-state index contributed by atoms with van der Waals surface area (Å²) < 4.78 is 22.6. The quantitative estimate of drug-likeness (QED) is 0.156. The third-order valence-corrected chi connectivity index (χ3v) is 7.92. The fourth-order valence-corrected chi connectivity index (χ4v) is 6.20. The van der Waals surface area contributed by atoms with Crippen LogP contribution >= 0.6 is 0 Å². The Balaban J connectivity index is 1.81. The first kappa shape index (κ1) is 40.8. The molecule has 3 N–H and O–H groups in total. The summed E-state index contributed by atoms with van der Waals surface area (Å²) in [5.74, 6) is -0.326. The van der Waals surface area contributed by atoms with Crippen LogP contribution in [0.2, 0.25) is 0 Å². The van der Waals surface area contributed by atoms with Gasteiger partial charge in [0.25, 0.3) is 0 Å². The van der Waals surface area contributed by atoms with E-state index in [-0.39, 0.29) is 0 Å². The minimum absolute atomic E-state index is 0.402. The lowest BCUT2D eigenvalue weighted by atomic mass is 9.82. The number of rotatable bonds is 5. The SMILES string of the molecule is CC(C)(C)OC(=O)NN(C(=O)OC(C)(C)C)[C@@H]1CC=C[C@H]1c1cccc([C@H]2C=CC[C@@H]2N(NC(=O)OC(C)(C)C)C(=O)OC(C)(C)C)c1-c1ncc[nH]1. The maximum absolute atomic E-state index is 13.8. The van der Waals surface area contributed by atoms with Crippen molar-refractivity contribution in [2.24, 2.45) is 0 Å². The van der Waals surface area contributed by atoms with Crippen molar-refractivity contribution >= 4 is 24.4 Å². The summed E-state index contributed by atoms with van der Waals surface area (Å²) in [4.78, 5) is 61.6. The molecule has 0 aliphatic heterocycles. The molecule has 0 saturated heterocycles. The van der Waals surface area contributed by atoms with Gasteiger partial charge in [-0.05, 0) is 107 Å². The van der Waals surface area contributed by atoms with Crippen LogP contribution in [0, 0.1) is 0 Å². The molecule has 0 fully saturated rings. The van der Waals surface area contributed by atoms with Gasteiger partial charge in [0.15, 0.2) is 0 Å². The van der Waals surface area contributed by atoms with Gasteiger partial charge in [0.1, 0.15) is 28.2 Å². The van der Waals surface area contributed by atoms with Crippen LogP contribution in [-0.2, 0) is 18.9 Å². The standard InChI is InChI=1S/C39H56N6O8/c1-36(2,3)50-32(46)42-44(34(48)52-38(7,8)9)28-20-14-16-24(28)26-18-13-19-27(30(26)31-40-22-23-41-31)25-17-15-21-29(25)45(35(49)53-39(10,11)12)43-33(47)51-37(4,5)6/h13-19,22-25,28-29H,20-21H2,1-12H3,(H,40,41)(H,42,46)(H,43,47)/t24-,25+,28+,29-. The zero-order valence-corrected chi connectivity index (χ0v) is 33.0. The number of hydrogen-bond donors (Lipinski definition) is 3. The van der Waals surface area contributed by atoms with E-state index in [1.54, 1.807) is 95.5 Å². The van der Waals surface area contributed by atoms with E-state index >= 15 is 0 Å². The minimum Gasteiger partial charge on any atom is -0.443 e. The topological polar surface area (TPSA) is 164 Å². The number of hydrogen-bond acceptors (Lipinski definition) is 9. The molecule has 1 heterocycles. The lowest BCUT2D eigenvalue weighted by Gasteiger charge is -2.37. The second kappa shape index (κ2) is 15.5. The molecule has 290 valence electrons. The Hall–Kier alpha value is -5.01. The number of aromatic amines is 1. The Morgan fingerprint density at radius 1 is 0.660 bits per heavy atom. The smallest absolute Gasteiger partial charge is 0.429 e. The molecule has 53 heavy (non-hydrogen) atoms. The maximum atomic E-state index is 13.8. The number of carbonyl (C=O) groups excluding carboxylic acids is 4. The molecule has 14 nitrogen and oxygen atoms in total. The van der Waals surface area contributed by atoms with Crippen LogP contribution in [-0.4, -0.2) is 78.8 Å². The second-order valence-electron chi connectivity index (χ2n) is 17.2. The number of H-pyrrole nitrogens is 1. The number of nitrogens with zero attached hydrogens (tertiary/aromatic N) is 3. The van der Waals surface area contributed by atoms with E-state index < -0.39 is 70.7 Å². The molecule has 4 atom stereocenters. The molecule has 1 aromatic carbocycles. The highest BCUT2D eigenvalue weighted by molar-refractivity contribution is 5.77. The van der Waals surface area contributed by atoms with E-state index in [9.17, 15) is 19.2 Å². The van der Waals surface area contributed by atoms with Crippen molar-refractivity contribution in [1.29, 1.82) is 0 Å². The van der Waals surface area contributed by atoms with E-state index in [0.29, 0.717) is 18.7 Å². The number of amides is 4. The Morgan fingerprint density at radius 2 is 1.06 bits per heavy atom. The predicted octanol–water partition coefficient (Wildman–Crippen LogP) is 8.25. The first-order chi connectivity index (χ1) is 24.4. The van der Waals surface area contributed by atoms with E-state index in [1.165, 1.54) is 10.0 Å². The summed E-state index contributed by atoms with van der Waals surface area (Å²) >= 11 is 0. The van der Waals surface area contributed by atoms with E-state index in [2.05, 4.69) is 20.8 Å². The van der Waals surface area contributed by atoms with Crippen molar-refractivity contribution in [1.82, 2.24) is 30.8 Å². The van der Waals surface area contributed by atoms with Crippen molar-refractivity contribution < 1.29 is 38.1 Å². The van der Waals surface area contributed by atoms with Crippen LogP contribution in [0.5, 0.6) is 0 Å². The number of nitrogens with one attached hydrogen (secondary N) is 3. The third-order valence-electron chi connectivity index (χ3n) is 7.92. The number of benzene rings is 1. The van der Waals surface area contributed by atoms with E-state index in [0.717, 1.165) is 16.7 Å². The van der Waals surface area contributed by atoms with Crippen molar-refractivity contribution in [3.8, 4) is 11.4 Å². The largest absolute Gasteiger partial charge is 0.443 e. The normalized spacial score (nSPS) is 20.1. The summed E-state index contributed by atoms with van der Waals surface area (Å²) in [6.45, 7) is 21.0. The molecule has 0 saturated carbocycles. The molecular formula is C39H56N6O8. The minimum atomic E-state index is -0.844. The monoisotopic (exact) mass is 736 g/mol. The van der Waals surface area contributed by atoms with Crippen molar-refractivity contribution in [3.63, 3.8) is 0 Å². The van der Waals surface area contributed by atoms with Gasteiger partial charge in [-0.25, -0.2) is 45.0 Å². The summed E-state index contributed by atoms with van der Waals surface area (Å²) in [6.07, 6.45) is 8.98. The fraction of sp³-hybridized carbons (Fsp3) is 0.564. The number of aromatic nitrogens is 2. The molecule has 2 aliphatic carbocycles. The van der Waals surface area contributed by atoms with Gasteiger partial charge in [-0.15, -0.1) is 0 Å². The Bertz CT molecular complexity index is 1590. The van der Waals surface area contributed by atoms with Crippen molar-refractivity contribution in [2.45, 2.75) is 142 Å². The molecule has 2 aromatic rings. The first-order valence-electron chi connectivity index (χ1n) is 17.9. The van der Waals surface area contributed by atoms with Gasteiger partial charge < -0.3 is 23.9 Å². The summed E-state index contributed by atoms with van der Waals surface area (Å²) in [5, 5.41) is 2.41. The Kier molecular flexibility index (Phi) is 11.9. The molecule has 0 spiro atoms. The van der Waals surface area contributed by atoms with Crippen LogP contribution in [0.15, 0.2) is 54.9 Å². The van der Waals surface area contributed by atoms with Gasteiger partial charge in [-0.3, -0.25) is 0 Å². The molecule has 14 heteroatoms. The Labute approximate surface area is 312 Å². The molecular weight excluding hydrogens is 680 g/mol. The number of hydrazine groups is 2. The third kappa shape index (κ3) is 11.2. The lowest BCUT2D eigenvalue weighted by Crippen LogP contribution is -2.55. The Morgan fingerprint density at radius 3 is 1.40 bits per heavy atom.